The van der Waals surface area contributed by atoms with Crippen LogP contribution in [0.15, 0.2) is 48.5 Å². The van der Waals surface area contributed by atoms with E-state index in [0.29, 0.717) is 22.2 Å². The molecular weight excluding hydrogens is 344 g/mol. The zero-order valence-corrected chi connectivity index (χ0v) is 14.2. The number of hydrogen-bond acceptors (Lipinski definition) is 4. The van der Waals surface area contributed by atoms with E-state index in [0.717, 1.165) is 5.56 Å². The molecule has 7 heteroatoms. The summed E-state index contributed by atoms with van der Waals surface area (Å²) < 4.78 is 10.5. The molecule has 2 rings (SSSR count). The summed E-state index contributed by atoms with van der Waals surface area (Å²) in [6.07, 6.45) is 3.03. The van der Waals surface area contributed by atoms with Crippen molar-refractivity contribution < 1.29 is 19.1 Å². The Balaban J connectivity index is 2.03. The van der Waals surface area contributed by atoms with Gasteiger partial charge >= 0.3 is 0 Å². The first-order valence-corrected chi connectivity index (χ1v) is 7.69. The van der Waals surface area contributed by atoms with E-state index in [1.807, 2.05) is 0 Å². The number of carbonyl (C=O) groups is 2. The summed E-state index contributed by atoms with van der Waals surface area (Å²) in [6, 6.07) is 11.9. The Morgan fingerprint density at radius 2 is 1.88 bits per heavy atom. The molecular formula is C18H17ClN2O4. The molecule has 0 aliphatic heterocycles. The molecule has 2 aromatic carbocycles. The van der Waals surface area contributed by atoms with Crippen molar-refractivity contribution in [3.8, 4) is 11.5 Å². The second-order valence-corrected chi connectivity index (χ2v) is 5.43. The molecule has 25 heavy (non-hydrogen) atoms. The average molecular weight is 361 g/mol. The van der Waals surface area contributed by atoms with E-state index in [2.05, 4.69) is 5.32 Å². The van der Waals surface area contributed by atoms with E-state index in [1.165, 1.54) is 13.2 Å². The fourth-order valence-electron chi connectivity index (χ4n) is 1.95. The second kappa shape index (κ2) is 8.75. The number of methoxy groups -OCH3 is 1. The molecule has 6 nitrogen and oxygen atoms in total. The van der Waals surface area contributed by atoms with Crippen molar-refractivity contribution >= 4 is 35.2 Å². The van der Waals surface area contributed by atoms with Crippen LogP contribution in [0.25, 0.3) is 6.08 Å². The summed E-state index contributed by atoms with van der Waals surface area (Å²) in [5.41, 5.74) is 6.42. The van der Waals surface area contributed by atoms with Gasteiger partial charge in [-0.3, -0.25) is 9.59 Å². The summed E-state index contributed by atoms with van der Waals surface area (Å²) in [4.78, 5) is 22.7. The van der Waals surface area contributed by atoms with E-state index in [-0.39, 0.29) is 12.5 Å². The largest absolute Gasteiger partial charge is 0.493 e. The van der Waals surface area contributed by atoms with Crippen molar-refractivity contribution in [3.63, 3.8) is 0 Å². The van der Waals surface area contributed by atoms with Crippen molar-refractivity contribution in [2.45, 2.75) is 0 Å². The van der Waals surface area contributed by atoms with Gasteiger partial charge in [0.25, 0.3) is 5.91 Å². The summed E-state index contributed by atoms with van der Waals surface area (Å²) in [7, 11) is 1.48. The summed E-state index contributed by atoms with van der Waals surface area (Å²) >= 11 is 5.80. The highest BCUT2D eigenvalue weighted by Crippen LogP contribution is 2.28. The van der Waals surface area contributed by atoms with Gasteiger partial charge in [-0.25, -0.2) is 0 Å². The van der Waals surface area contributed by atoms with Gasteiger partial charge in [-0.05, 0) is 48.0 Å². The van der Waals surface area contributed by atoms with Crippen LogP contribution in [0.1, 0.15) is 5.56 Å². The molecule has 2 amide bonds. The van der Waals surface area contributed by atoms with Gasteiger partial charge in [-0.15, -0.1) is 0 Å². The maximum Gasteiger partial charge on any atom is 0.255 e. The quantitative estimate of drug-likeness (QED) is 0.743. The van der Waals surface area contributed by atoms with Crippen molar-refractivity contribution in [2.24, 2.45) is 5.73 Å². The van der Waals surface area contributed by atoms with Crippen LogP contribution >= 0.6 is 11.6 Å². The number of anilines is 1. The van der Waals surface area contributed by atoms with E-state index >= 15 is 0 Å². The lowest BCUT2D eigenvalue weighted by molar-refractivity contribution is -0.120. The molecule has 0 aliphatic carbocycles. The third-order valence-corrected chi connectivity index (χ3v) is 3.35. The normalized spacial score (nSPS) is 10.5. The average Bonchev–Trinajstić information content (AvgIpc) is 2.60. The minimum atomic E-state index is -0.579. The molecule has 0 aliphatic rings. The highest BCUT2D eigenvalue weighted by molar-refractivity contribution is 6.30. The molecule has 2 aromatic rings. The van der Waals surface area contributed by atoms with E-state index < -0.39 is 5.91 Å². The maximum absolute atomic E-state index is 11.9. The van der Waals surface area contributed by atoms with Crippen LogP contribution < -0.4 is 20.5 Å². The first kappa shape index (κ1) is 18.4. The van der Waals surface area contributed by atoms with Gasteiger partial charge < -0.3 is 20.5 Å². The van der Waals surface area contributed by atoms with Crippen LogP contribution in [-0.2, 0) is 9.59 Å². The van der Waals surface area contributed by atoms with Crippen LogP contribution in [0.3, 0.4) is 0 Å². The van der Waals surface area contributed by atoms with Crippen LogP contribution in [0.4, 0.5) is 5.69 Å². The number of halogens is 1. The van der Waals surface area contributed by atoms with Crippen molar-refractivity contribution in [1.82, 2.24) is 0 Å². The van der Waals surface area contributed by atoms with Crippen molar-refractivity contribution in [2.75, 3.05) is 19.0 Å². The summed E-state index contributed by atoms with van der Waals surface area (Å²) in [6.45, 7) is -0.241. The molecule has 0 aromatic heterocycles. The Morgan fingerprint density at radius 1 is 1.16 bits per heavy atom. The van der Waals surface area contributed by atoms with Gasteiger partial charge in [0.1, 0.15) is 0 Å². The number of carbonyl (C=O) groups excluding carboxylic acids is 2. The molecule has 0 radical (unpaired) electrons. The van der Waals surface area contributed by atoms with E-state index in [9.17, 15) is 9.59 Å². The molecule has 130 valence electrons. The lowest BCUT2D eigenvalue weighted by Gasteiger charge is -2.10. The molecule has 0 heterocycles. The van der Waals surface area contributed by atoms with E-state index in [4.69, 9.17) is 26.8 Å². The Hall–Kier alpha value is -2.99. The molecule has 0 unspecified atom stereocenters. The fraction of sp³-hybridized carbons (Fsp3) is 0.111. The Labute approximate surface area is 150 Å². The van der Waals surface area contributed by atoms with E-state index in [1.54, 1.807) is 48.5 Å². The van der Waals surface area contributed by atoms with Gasteiger partial charge in [0.15, 0.2) is 18.1 Å². The summed E-state index contributed by atoms with van der Waals surface area (Å²) in [5, 5.41) is 3.32. The number of rotatable bonds is 7. The molecule has 0 saturated carbocycles. The minimum absolute atomic E-state index is 0.241. The second-order valence-electron chi connectivity index (χ2n) is 4.99. The van der Waals surface area contributed by atoms with Crippen LogP contribution in [0.5, 0.6) is 11.5 Å². The number of ether oxygens (including phenoxy) is 2. The van der Waals surface area contributed by atoms with Gasteiger partial charge in [-0.1, -0.05) is 17.7 Å². The molecule has 0 bridgehead atoms. The predicted octanol–water partition coefficient (Wildman–Crippen LogP) is 2.86. The highest BCUT2D eigenvalue weighted by atomic mass is 35.5. The van der Waals surface area contributed by atoms with Gasteiger partial charge in [0, 0.05) is 16.8 Å². The predicted molar refractivity (Wildman–Crippen MR) is 96.8 cm³/mol. The number of nitrogens with two attached hydrogens (primary N) is 1. The topological polar surface area (TPSA) is 90.7 Å². The lowest BCUT2D eigenvalue weighted by atomic mass is 10.2. The zero-order chi connectivity index (χ0) is 18.2. The standard InChI is InChI=1S/C18H17ClN2O4/c1-24-16-10-12(2-8-15(16)25-11-17(20)22)3-9-18(23)21-14-6-4-13(19)5-7-14/h2-10H,11H2,1H3,(H2,20,22)(H,21,23)/b9-3+. The monoisotopic (exact) mass is 360 g/mol. The van der Waals surface area contributed by atoms with Gasteiger partial charge in [-0.2, -0.15) is 0 Å². The molecule has 0 saturated heterocycles. The summed E-state index contributed by atoms with van der Waals surface area (Å²) in [5.74, 6) is -0.0363. The van der Waals surface area contributed by atoms with Crippen LogP contribution in [0.2, 0.25) is 5.02 Å². The van der Waals surface area contributed by atoms with Gasteiger partial charge in [0.05, 0.1) is 7.11 Å². The Bertz CT molecular complexity index is 788. The highest BCUT2D eigenvalue weighted by Gasteiger charge is 2.06. The maximum atomic E-state index is 11.9. The third kappa shape index (κ3) is 5.86. The molecule has 3 N–H and O–H groups in total. The lowest BCUT2D eigenvalue weighted by Crippen LogP contribution is -2.20. The van der Waals surface area contributed by atoms with Gasteiger partial charge in [0.2, 0.25) is 5.91 Å². The number of nitrogens with one attached hydrogen (secondary N) is 1. The zero-order valence-electron chi connectivity index (χ0n) is 13.5. The first-order valence-electron chi connectivity index (χ1n) is 7.31. The SMILES string of the molecule is COc1cc(/C=C/C(=O)Nc2ccc(Cl)cc2)ccc1OCC(N)=O. The van der Waals surface area contributed by atoms with Crippen LogP contribution in [0, 0.1) is 0 Å². The number of primary amides is 1. The Kier molecular flexibility index (Phi) is 6.42. The fourth-order valence-corrected chi connectivity index (χ4v) is 2.07. The molecule has 0 atom stereocenters. The smallest absolute Gasteiger partial charge is 0.255 e. The third-order valence-electron chi connectivity index (χ3n) is 3.10. The van der Waals surface area contributed by atoms with Crippen molar-refractivity contribution in [3.05, 3.63) is 59.1 Å². The first-order chi connectivity index (χ1) is 12.0. The Morgan fingerprint density at radius 3 is 2.52 bits per heavy atom. The molecule has 0 spiro atoms. The molecule has 0 fully saturated rings. The minimum Gasteiger partial charge on any atom is -0.493 e. The number of hydrogen-bond donors (Lipinski definition) is 2. The number of amides is 2. The number of benzene rings is 2. The van der Waals surface area contributed by atoms with Crippen LogP contribution in [-0.4, -0.2) is 25.5 Å². The van der Waals surface area contributed by atoms with Crippen molar-refractivity contribution in [1.29, 1.82) is 0 Å².